The van der Waals surface area contributed by atoms with Gasteiger partial charge in [0, 0.05) is 6.07 Å². The van der Waals surface area contributed by atoms with Crippen molar-refractivity contribution in [2.24, 2.45) is 0 Å². The van der Waals surface area contributed by atoms with Crippen LogP contribution in [0.1, 0.15) is 26.4 Å². The fourth-order valence-corrected chi connectivity index (χ4v) is 4.76. The number of nitro groups is 1. The van der Waals surface area contributed by atoms with Gasteiger partial charge in [-0.1, -0.05) is 53.0 Å². The third-order valence-electron chi connectivity index (χ3n) is 4.63. The molecule has 0 aliphatic carbocycles. The molecular formula is C21H17N3O3S2. The highest BCUT2D eigenvalue weighted by molar-refractivity contribution is 7.22. The van der Waals surface area contributed by atoms with E-state index >= 15 is 0 Å². The molecule has 4 rings (SSSR count). The summed E-state index contributed by atoms with van der Waals surface area (Å²) in [5.41, 5.74) is 4.11. The van der Waals surface area contributed by atoms with Crippen molar-refractivity contribution in [3.05, 3.63) is 86.3 Å². The van der Waals surface area contributed by atoms with E-state index in [1.165, 1.54) is 29.0 Å². The van der Waals surface area contributed by atoms with E-state index in [0.717, 1.165) is 32.7 Å². The van der Waals surface area contributed by atoms with Crippen LogP contribution < -0.4 is 4.90 Å². The van der Waals surface area contributed by atoms with Crippen LogP contribution in [0.2, 0.25) is 0 Å². The van der Waals surface area contributed by atoms with Gasteiger partial charge in [-0.15, -0.1) is 0 Å². The fourth-order valence-electron chi connectivity index (χ4n) is 2.95. The molecule has 0 aliphatic rings. The summed E-state index contributed by atoms with van der Waals surface area (Å²) >= 11 is 2.33. The molecule has 2 heterocycles. The maximum atomic E-state index is 13.3. The van der Waals surface area contributed by atoms with E-state index in [4.69, 9.17) is 4.98 Å². The zero-order chi connectivity index (χ0) is 20.5. The minimum absolute atomic E-state index is 0.0523. The lowest BCUT2D eigenvalue weighted by Gasteiger charge is -2.19. The molecule has 1 amide bonds. The molecular weight excluding hydrogens is 406 g/mol. The second-order valence-electron chi connectivity index (χ2n) is 6.67. The SMILES string of the molecule is Cc1cc2nc(N(Cc3ccccc3)C(=O)c3ccc([N+](=O)[O-])s3)sc2cc1C. The number of nitrogens with zero attached hydrogens (tertiary/aromatic N) is 3. The predicted molar refractivity (Wildman–Crippen MR) is 117 cm³/mol. The lowest BCUT2D eigenvalue weighted by molar-refractivity contribution is -0.380. The zero-order valence-corrected chi connectivity index (χ0v) is 17.4. The molecule has 0 saturated heterocycles. The maximum Gasteiger partial charge on any atom is 0.324 e. The second-order valence-corrected chi connectivity index (χ2v) is 8.74. The lowest BCUT2D eigenvalue weighted by atomic mass is 10.1. The Balaban J connectivity index is 1.77. The van der Waals surface area contributed by atoms with Gasteiger partial charge in [0.05, 0.1) is 26.6 Å². The molecule has 146 valence electrons. The van der Waals surface area contributed by atoms with Gasteiger partial charge in [0.2, 0.25) is 0 Å². The third-order valence-corrected chi connectivity index (χ3v) is 6.70. The van der Waals surface area contributed by atoms with Gasteiger partial charge in [-0.25, -0.2) is 4.98 Å². The van der Waals surface area contributed by atoms with Gasteiger partial charge in [0.15, 0.2) is 5.13 Å². The molecule has 0 atom stereocenters. The van der Waals surface area contributed by atoms with Crippen LogP contribution in [0.15, 0.2) is 54.6 Å². The highest BCUT2D eigenvalue weighted by Gasteiger charge is 2.25. The number of carbonyl (C=O) groups excluding carboxylic acids is 1. The van der Waals surface area contributed by atoms with Crippen molar-refractivity contribution in [1.29, 1.82) is 0 Å². The summed E-state index contributed by atoms with van der Waals surface area (Å²) in [7, 11) is 0. The number of hydrogen-bond acceptors (Lipinski definition) is 6. The highest BCUT2D eigenvalue weighted by Crippen LogP contribution is 2.34. The standard InChI is InChI=1S/C21H17N3O3S2/c1-13-10-16-18(11-14(13)2)29-21(22-16)23(12-15-6-4-3-5-7-15)20(25)17-8-9-19(28-17)24(26)27/h3-11H,12H2,1-2H3. The van der Waals surface area contributed by atoms with E-state index in [0.29, 0.717) is 16.6 Å². The molecule has 0 fully saturated rings. The maximum absolute atomic E-state index is 13.3. The first kappa shape index (κ1) is 19.2. The number of thiophene rings is 1. The van der Waals surface area contributed by atoms with E-state index in [9.17, 15) is 14.9 Å². The Morgan fingerprint density at radius 2 is 1.79 bits per heavy atom. The molecule has 0 N–H and O–H groups in total. The summed E-state index contributed by atoms with van der Waals surface area (Å²) in [6, 6.07) is 16.6. The van der Waals surface area contributed by atoms with Crippen molar-refractivity contribution in [3.8, 4) is 0 Å². The van der Waals surface area contributed by atoms with E-state index < -0.39 is 4.92 Å². The first-order valence-corrected chi connectivity index (χ1v) is 10.5. The van der Waals surface area contributed by atoms with Crippen LogP contribution in [0.5, 0.6) is 0 Å². The number of hydrogen-bond donors (Lipinski definition) is 0. The normalized spacial score (nSPS) is 11.0. The van der Waals surface area contributed by atoms with Crippen LogP contribution in [-0.2, 0) is 6.54 Å². The minimum atomic E-state index is -0.480. The summed E-state index contributed by atoms with van der Waals surface area (Å²) in [4.78, 5) is 30.4. The second kappa shape index (κ2) is 7.73. The average molecular weight is 424 g/mol. The Kier molecular flexibility index (Phi) is 5.12. The van der Waals surface area contributed by atoms with Crippen LogP contribution >= 0.6 is 22.7 Å². The van der Waals surface area contributed by atoms with Crippen LogP contribution in [0.3, 0.4) is 0 Å². The zero-order valence-electron chi connectivity index (χ0n) is 15.8. The van der Waals surface area contributed by atoms with E-state index in [1.807, 2.05) is 50.2 Å². The van der Waals surface area contributed by atoms with Crippen molar-refractivity contribution in [2.75, 3.05) is 4.90 Å². The molecule has 29 heavy (non-hydrogen) atoms. The molecule has 0 unspecified atom stereocenters. The van der Waals surface area contributed by atoms with Gasteiger partial charge in [-0.2, -0.15) is 0 Å². The Labute approximate surface area is 175 Å². The summed E-state index contributed by atoms with van der Waals surface area (Å²) in [5, 5.41) is 11.6. The van der Waals surface area contributed by atoms with E-state index in [2.05, 4.69) is 6.07 Å². The molecule has 0 spiro atoms. The quantitative estimate of drug-likeness (QED) is 0.303. The summed E-state index contributed by atoms with van der Waals surface area (Å²) < 4.78 is 1.01. The number of benzene rings is 2. The number of aromatic nitrogens is 1. The third kappa shape index (κ3) is 3.90. The Bertz CT molecular complexity index is 1180. The van der Waals surface area contributed by atoms with Gasteiger partial charge in [0.25, 0.3) is 5.91 Å². The molecule has 2 aromatic carbocycles. The van der Waals surface area contributed by atoms with Crippen molar-refractivity contribution >= 4 is 48.9 Å². The number of thiazole rings is 1. The Morgan fingerprint density at radius 1 is 1.07 bits per heavy atom. The van der Waals surface area contributed by atoms with Crippen LogP contribution in [0.25, 0.3) is 10.2 Å². The van der Waals surface area contributed by atoms with Crippen molar-refractivity contribution < 1.29 is 9.72 Å². The molecule has 2 aromatic heterocycles. The highest BCUT2D eigenvalue weighted by atomic mass is 32.1. The van der Waals surface area contributed by atoms with Crippen LogP contribution in [0.4, 0.5) is 10.1 Å². The summed E-state index contributed by atoms with van der Waals surface area (Å²) in [6.07, 6.45) is 0. The molecule has 6 nitrogen and oxygen atoms in total. The largest absolute Gasteiger partial charge is 0.324 e. The first-order valence-electron chi connectivity index (χ1n) is 8.90. The molecule has 0 radical (unpaired) electrons. The summed E-state index contributed by atoms with van der Waals surface area (Å²) in [5.74, 6) is -0.292. The number of carbonyl (C=O) groups is 1. The van der Waals surface area contributed by atoms with E-state index in [-0.39, 0.29) is 10.9 Å². The Morgan fingerprint density at radius 3 is 2.48 bits per heavy atom. The van der Waals surface area contributed by atoms with Crippen molar-refractivity contribution in [2.45, 2.75) is 20.4 Å². The van der Waals surface area contributed by atoms with Gasteiger partial charge in [0.1, 0.15) is 0 Å². The van der Waals surface area contributed by atoms with E-state index in [1.54, 1.807) is 4.90 Å². The van der Waals surface area contributed by atoms with Gasteiger partial charge < -0.3 is 0 Å². The van der Waals surface area contributed by atoms with Crippen LogP contribution in [0, 0.1) is 24.0 Å². The number of rotatable bonds is 5. The average Bonchev–Trinajstić information content (AvgIpc) is 3.34. The molecule has 0 aliphatic heterocycles. The van der Waals surface area contributed by atoms with Crippen molar-refractivity contribution in [3.63, 3.8) is 0 Å². The molecule has 8 heteroatoms. The van der Waals surface area contributed by atoms with Crippen molar-refractivity contribution in [1.82, 2.24) is 4.98 Å². The lowest BCUT2D eigenvalue weighted by Crippen LogP contribution is -2.29. The minimum Gasteiger partial charge on any atom is -0.279 e. The number of fused-ring (bicyclic) bond motifs is 1. The first-order chi connectivity index (χ1) is 13.9. The number of aryl methyl sites for hydroxylation is 2. The topological polar surface area (TPSA) is 76.3 Å². The summed E-state index contributed by atoms with van der Waals surface area (Å²) in [6.45, 7) is 4.42. The number of amides is 1. The monoisotopic (exact) mass is 423 g/mol. The molecule has 4 aromatic rings. The smallest absolute Gasteiger partial charge is 0.279 e. The van der Waals surface area contributed by atoms with Crippen LogP contribution in [-0.4, -0.2) is 15.8 Å². The Hall–Kier alpha value is -3.10. The van der Waals surface area contributed by atoms with Gasteiger partial charge >= 0.3 is 5.00 Å². The molecule has 0 bridgehead atoms. The fraction of sp³-hybridized carbons (Fsp3) is 0.143. The molecule has 0 saturated carbocycles. The predicted octanol–water partition coefficient (Wildman–Crippen LogP) is 5.73. The number of anilines is 1. The van der Waals surface area contributed by atoms with Gasteiger partial charge in [-0.3, -0.25) is 19.8 Å². The van der Waals surface area contributed by atoms with Gasteiger partial charge in [-0.05, 0) is 48.7 Å².